The first kappa shape index (κ1) is 30.5. The Bertz CT molecular complexity index is 2060. The highest BCUT2D eigenvalue weighted by Crippen LogP contribution is 2.55. The van der Waals surface area contributed by atoms with Gasteiger partial charge in [-0.1, -0.05) is 135 Å². The summed E-state index contributed by atoms with van der Waals surface area (Å²) in [5.74, 6) is 0.404. The lowest BCUT2D eigenvalue weighted by Crippen LogP contribution is -2.28. The number of benzene rings is 6. The van der Waals surface area contributed by atoms with Crippen molar-refractivity contribution in [1.82, 2.24) is 0 Å². The van der Waals surface area contributed by atoms with E-state index in [1.54, 1.807) is 0 Å². The van der Waals surface area contributed by atoms with Crippen molar-refractivity contribution < 1.29 is 0 Å². The van der Waals surface area contributed by atoms with Crippen molar-refractivity contribution in [2.75, 3.05) is 9.80 Å². The number of nitrogens with zero attached hydrogens (tertiary/aromatic N) is 2. The third-order valence-corrected chi connectivity index (χ3v) is 10.1. The fourth-order valence-corrected chi connectivity index (χ4v) is 7.58. The van der Waals surface area contributed by atoms with Crippen LogP contribution in [0.15, 0.2) is 182 Å². The van der Waals surface area contributed by atoms with E-state index in [2.05, 4.69) is 212 Å². The Hall–Kier alpha value is -5.86. The van der Waals surface area contributed by atoms with E-state index in [0.29, 0.717) is 5.92 Å². The van der Waals surface area contributed by atoms with Gasteiger partial charge in [0.15, 0.2) is 0 Å². The van der Waals surface area contributed by atoms with Crippen LogP contribution in [0.25, 0.3) is 17.7 Å². The molecule has 0 heterocycles. The number of allylic oxidation sites excluding steroid dienone is 4. The summed E-state index contributed by atoms with van der Waals surface area (Å²) in [7, 11) is 0. The summed E-state index contributed by atoms with van der Waals surface area (Å²) >= 11 is 0. The van der Waals surface area contributed by atoms with E-state index in [9.17, 15) is 0 Å². The molecule has 0 spiro atoms. The molecule has 0 aliphatic heterocycles. The minimum atomic E-state index is 0.00353. The molecule has 1 atom stereocenters. The number of para-hydroxylation sites is 4. The van der Waals surface area contributed by atoms with Crippen molar-refractivity contribution in [1.29, 1.82) is 0 Å². The first-order chi connectivity index (χ1) is 24.1. The van der Waals surface area contributed by atoms with Gasteiger partial charge in [0.25, 0.3) is 0 Å². The highest BCUT2D eigenvalue weighted by Gasteiger charge is 2.44. The first-order valence-electron chi connectivity index (χ1n) is 17.2. The van der Waals surface area contributed by atoms with E-state index in [-0.39, 0.29) is 5.41 Å². The van der Waals surface area contributed by atoms with Crippen molar-refractivity contribution >= 4 is 46.2 Å². The molecule has 6 aromatic carbocycles. The van der Waals surface area contributed by atoms with Crippen LogP contribution in [0.4, 0.5) is 28.4 Å². The van der Waals surface area contributed by atoms with Gasteiger partial charge >= 0.3 is 0 Å². The third-order valence-electron chi connectivity index (χ3n) is 10.1. The molecule has 0 saturated heterocycles. The molecule has 49 heavy (non-hydrogen) atoms. The number of rotatable bonds is 8. The summed E-state index contributed by atoms with van der Waals surface area (Å²) in [6, 6.07) is 58.4. The summed E-state index contributed by atoms with van der Waals surface area (Å²) < 4.78 is 0. The van der Waals surface area contributed by atoms with Crippen LogP contribution in [0.2, 0.25) is 0 Å². The fraction of sp³-hybridized carbons (Fsp3) is 0.106. The summed E-state index contributed by atoms with van der Waals surface area (Å²) in [5, 5.41) is 0. The van der Waals surface area contributed by atoms with Crippen molar-refractivity contribution in [2.24, 2.45) is 5.92 Å². The van der Waals surface area contributed by atoms with Crippen LogP contribution in [0.5, 0.6) is 0 Å². The van der Waals surface area contributed by atoms with Gasteiger partial charge in [-0.3, -0.25) is 0 Å². The van der Waals surface area contributed by atoms with Crippen LogP contribution in [0.3, 0.4) is 0 Å². The average molecular weight is 633 g/mol. The molecule has 0 bridgehead atoms. The number of anilines is 5. The largest absolute Gasteiger partial charge is 0.314 e. The molecule has 1 unspecified atom stereocenters. The van der Waals surface area contributed by atoms with Crippen LogP contribution < -0.4 is 9.80 Å². The van der Waals surface area contributed by atoms with Crippen LogP contribution in [0.1, 0.15) is 42.5 Å². The Morgan fingerprint density at radius 3 is 1.47 bits per heavy atom. The van der Waals surface area contributed by atoms with E-state index in [0.717, 1.165) is 23.5 Å². The maximum Gasteiger partial charge on any atom is 0.0462 e. The van der Waals surface area contributed by atoms with Crippen LogP contribution in [-0.4, -0.2) is 0 Å². The van der Waals surface area contributed by atoms with Crippen molar-refractivity contribution in [3.05, 3.63) is 204 Å². The molecule has 238 valence electrons. The first-order valence-corrected chi connectivity index (χ1v) is 17.2. The van der Waals surface area contributed by atoms with Gasteiger partial charge in [-0.15, -0.1) is 0 Å². The van der Waals surface area contributed by atoms with E-state index >= 15 is 0 Å². The molecule has 0 N–H and O–H groups in total. The van der Waals surface area contributed by atoms with Crippen LogP contribution in [-0.2, 0) is 5.41 Å². The molecule has 2 aliphatic carbocycles. The van der Waals surface area contributed by atoms with Crippen LogP contribution in [0, 0.1) is 5.92 Å². The SMILES string of the molecule is CC1(C)c2cc(/C=C/c3ccc(N(c4ccccc4)c4ccccc4)cc3)ccc2C2=CC=C(N(c3ccccc3)c3ccccc3)CC21. The smallest absolute Gasteiger partial charge is 0.0462 e. The Morgan fingerprint density at radius 1 is 0.490 bits per heavy atom. The predicted octanol–water partition coefficient (Wildman–Crippen LogP) is 12.7. The van der Waals surface area contributed by atoms with Gasteiger partial charge in [-0.25, -0.2) is 0 Å². The van der Waals surface area contributed by atoms with Crippen molar-refractivity contribution in [3.63, 3.8) is 0 Å². The standard InChI is InChI=1S/C47H40N2/c1-47(2)45-33-36(24-23-35-25-28-41(29-26-35)48(37-15-7-3-8-16-37)38-17-9-4-10-18-38)27-31-43(45)44-32-30-42(34-46(44)47)49(39-19-11-5-12-20-39)40-21-13-6-14-22-40/h3-33,46H,34H2,1-2H3/b24-23+. The van der Waals surface area contributed by atoms with E-state index in [1.807, 2.05) is 0 Å². The molecule has 0 fully saturated rings. The Morgan fingerprint density at radius 2 is 0.939 bits per heavy atom. The lowest BCUT2D eigenvalue weighted by molar-refractivity contribution is 0.406. The molecule has 0 amide bonds. The maximum absolute atomic E-state index is 2.42. The predicted molar refractivity (Wildman–Crippen MR) is 209 cm³/mol. The molecular weight excluding hydrogens is 593 g/mol. The van der Waals surface area contributed by atoms with E-state index < -0.39 is 0 Å². The van der Waals surface area contributed by atoms with E-state index in [1.165, 1.54) is 44.9 Å². The summed E-state index contributed by atoms with van der Waals surface area (Å²) in [4.78, 5) is 4.72. The zero-order valence-corrected chi connectivity index (χ0v) is 28.1. The van der Waals surface area contributed by atoms with Crippen molar-refractivity contribution in [2.45, 2.75) is 25.7 Å². The van der Waals surface area contributed by atoms with Gasteiger partial charge in [-0.2, -0.15) is 0 Å². The lowest BCUT2D eigenvalue weighted by Gasteiger charge is -2.36. The Balaban J connectivity index is 1.05. The minimum Gasteiger partial charge on any atom is -0.314 e. The molecule has 0 radical (unpaired) electrons. The lowest BCUT2D eigenvalue weighted by atomic mass is 9.73. The topological polar surface area (TPSA) is 6.48 Å². The summed E-state index contributed by atoms with van der Waals surface area (Å²) in [6.45, 7) is 4.85. The quantitative estimate of drug-likeness (QED) is 0.154. The Kier molecular flexibility index (Phi) is 8.07. The number of hydrogen-bond acceptors (Lipinski definition) is 2. The van der Waals surface area contributed by atoms with E-state index in [4.69, 9.17) is 0 Å². The highest BCUT2D eigenvalue weighted by atomic mass is 15.2. The molecule has 0 saturated carbocycles. The molecule has 6 aromatic rings. The van der Waals surface area contributed by atoms with Crippen LogP contribution >= 0.6 is 0 Å². The zero-order valence-electron chi connectivity index (χ0n) is 28.1. The van der Waals surface area contributed by atoms with Gasteiger partial charge in [0.1, 0.15) is 0 Å². The van der Waals surface area contributed by atoms with Crippen molar-refractivity contribution in [3.8, 4) is 0 Å². The van der Waals surface area contributed by atoms with Gasteiger partial charge in [0.2, 0.25) is 0 Å². The normalized spacial score (nSPS) is 16.0. The molecule has 2 aliphatic rings. The minimum absolute atomic E-state index is 0.00353. The number of fused-ring (bicyclic) bond motifs is 3. The molecular formula is C47H40N2. The summed E-state index contributed by atoms with van der Waals surface area (Å²) in [5.41, 5.74) is 13.8. The summed E-state index contributed by atoms with van der Waals surface area (Å²) in [6.07, 6.45) is 10.2. The zero-order chi connectivity index (χ0) is 33.2. The average Bonchev–Trinajstić information content (AvgIpc) is 3.38. The highest BCUT2D eigenvalue weighted by molar-refractivity contribution is 5.84. The second-order valence-electron chi connectivity index (χ2n) is 13.5. The molecule has 2 nitrogen and oxygen atoms in total. The third kappa shape index (κ3) is 5.91. The molecule has 8 rings (SSSR count). The molecule has 0 aromatic heterocycles. The number of hydrogen-bond donors (Lipinski definition) is 0. The maximum atomic E-state index is 2.42. The van der Waals surface area contributed by atoms with Gasteiger partial charge in [0.05, 0.1) is 0 Å². The Labute approximate surface area is 290 Å². The monoisotopic (exact) mass is 632 g/mol. The second kappa shape index (κ2) is 13.0. The fourth-order valence-electron chi connectivity index (χ4n) is 7.58. The van der Waals surface area contributed by atoms with Gasteiger partial charge in [0, 0.05) is 34.1 Å². The molecule has 2 heteroatoms. The van der Waals surface area contributed by atoms with Gasteiger partial charge in [-0.05, 0) is 112 Å². The van der Waals surface area contributed by atoms with Gasteiger partial charge < -0.3 is 9.80 Å². The second-order valence-corrected chi connectivity index (χ2v) is 13.5.